The summed E-state index contributed by atoms with van der Waals surface area (Å²) in [4.78, 5) is 11.7. The van der Waals surface area contributed by atoms with E-state index in [2.05, 4.69) is 4.57 Å². The highest BCUT2D eigenvalue weighted by molar-refractivity contribution is 5.78. The van der Waals surface area contributed by atoms with E-state index in [0.717, 1.165) is 36.7 Å². The smallest absolute Gasteiger partial charge is 0.189 e. The number of aliphatic hydroxyl groups is 1. The van der Waals surface area contributed by atoms with Gasteiger partial charge in [-0.3, -0.25) is 4.79 Å². The zero-order chi connectivity index (χ0) is 13.0. The van der Waals surface area contributed by atoms with Crippen LogP contribution in [0.1, 0.15) is 26.2 Å². The first-order chi connectivity index (χ1) is 8.72. The van der Waals surface area contributed by atoms with E-state index in [1.54, 1.807) is 6.07 Å². The van der Waals surface area contributed by atoms with E-state index in [9.17, 15) is 9.90 Å². The molecule has 0 radical (unpaired) electrons. The van der Waals surface area contributed by atoms with Crippen LogP contribution in [0.25, 0.3) is 10.9 Å². The second kappa shape index (κ2) is 5.83. The van der Waals surface area contributed by atoms with Gasteiger partial charge in [0, 0.05) is 24.2 Å². The number of hydrogen-bond donors (Lipinski definition) is 1. The molecular weight excluding hydrogens is 226 g/mol. The van der Waals surface area contributed by atoms with Gasteiger partial charge in [-0.15, -0.1) is 0 Å². The quantitative estimate of drug-likeness (QED) is 0.879. The van der Waals surface area contributed by atoms with Gasteiger partial charge >= 0.3 is 0 Å². The molecule has 1 unspecified atom stereocenters. The van der Waals surface area contributed by atoms with Crippen LogP contribution in [0.3, 0.4) is 0 Å². The first-order valence-electron chi connectivity index (χ1n) is 6.48. The molecule has 3 heteroatoms. The van der Waals surface area contributed by atoms with Crippen LogP contribution in [0.5, 0.6) is 0 Å². The molecule has 1 aromatic heterocycles. The van der Waals surface area contributed by atoms with E-state index in [1.807, 2.05) is 37.4 Å². The lowest BCUT2D eigenvalue weighted by molar-refractivity contribution is 0.156. The lowest BCUT2D eigenvalue weighted by atomic mass is 10.1. The summed E-state index contributed by atoms with van der Waals surface area (Å²) >= 11 is 0. The lowest BCUT2D eigenvalue weighted by Gasteiger charge is -2.12. The van der Waals surface area contributed by atoms with Crippen LogP contribution in [-0.4, -0.2) is 15.8 Å². The SMILES string of the molecule is CCC(O)CCCn1ccc(=O)c2ccccc21. The highest BCUT2D eigenvalue weighted by Gasteiger charge is 2.03. The Morgan fingerprint density at radius 1 is 1.28 bits per heavy atom. The maximum atomic E-state index is 11.7. The first kappa shape index (κ1) is 12.8. The fourth-order valence-corrected chi connectivity index (χ4v) is 2.16. The minimum absolute atomic E-state index is 0.0652. The number of aliphatic hydroxyl groups excluding tert-OH is 1. The van der Waals surface area contributed by atoms with E-state index in [0.29, 0.717) is 0 Å². The monoisotopic (exact) mass is 245 g/mol. The third-order valence-corrected chi connectivity index (χ3v) is 3.29. The van der Waals surface area contributed by atoms with Gasteiger partial charge < -0.3 is 9.67 Å². The van der Waals surface area contributed by atoms with Crippen LogP contribution in [0.15, 0.2) is 41.3 Å². The van der Waals surface area contributed by atoms with Crippen molar-refractivity contribution in [3.63, 3.8) is 0 Å². The Morgan fingerprint density at radius 3 is 2.83 bits per heavy atom. The van der Waals surface area contributed by atoms with Crippen LogP contribution < -0.4 is 5.43 Å². The maximum Gasteiger partial charge on any atom is 0.189 e. The topological polar surface area (TPSA) is 42.2 Å². The van der Waals surface area contributed by atoms with Crippen molar-refractivity contribution in [2.24, 2.45) is 0 Å². The summed E-state index contributed by atoms with van der Waals surface area (Å²) in [6.45, 7) is 2.82. The number of para-hydroxylation sites is 1. The average Bonchev–Trinajstić information content (AvgIpc) is 2.41. The Morgan fingerprint density at radius 2 is 2.06 bits per heavy atom. The summed E-state index contributed by atoms with van der Waals surface area (Å²) in [6.07, 6.45) is 4.14. The molecular formula is C15H19NO2. The van der Waals surface area contributed by atoms with Crippen LogP contribution >= 0.6 is 0 Å². The van der Waals surface area contributed by atoms with Gasteiger partial charge in [-0.05, 0) is 31.4 Å². The number of fused-ring (bicyclic) bond motifs is 1. The molecule has 18 heavy (non-hydrogen) atoms. The highest BCUT2D eigenvalue weighted by Crippen LogP contribution is 2.11. The third-order valence-electron chi connectivity index (χ3n) is 3.29. The molecule has 0 aliphatic carbocycles. The first-order valence-corrected chi connectivity index (χ1v) is 6.48. The Labute approximate surface area is 107 Å². The van der Waals surface area contributed by atoms with Crippen LogP contribution in [-0.2, 0) is 6.54 Å². The van der Waals surface area contributed by atoms with Gasteiger partial charge in [0.15, 0.2) is 5.43 Å². The van der Waals surface area contributed by atoms with Crippen molar-refractivity contribution in [3.05, 3.63) is 46.8 Å². The highest BCUT2D eigenvalue weighted by atomic mass is 16.3. The van der Waals surface area contributed by atoms with E-state index < -0.39 is 0 Å². The van der Waals surface area contributed by atoms with Crippen molar-refractivity contribution in [1.29, 1.82) is 0 Å². The largest absolute Gasteiger partial charge is 0.393 e. The molecule has 96 valence electrons. The minimum atomic E-state index is -0.212. The Hall–Kier alpha value is -1.61. The lowest BCUT2D eigenvalue weighted by Crippen LogP contribution is -2.10. The molecule has 1 atom stereocenters. The predicted molar refractivity (Wildman–Crippen MR) is 73.7 cm³/mol. The number of pyridine rings is 1. The minimum Gasteiger partial charge on any atom is -0.393 e. The van der Waals surface area contributed by atoms with Gasteiger partial charge in [0.05, 0.1) is 11.6 Å². The number of aryl methyl sites for hydroxylation is 1. The molecule has 1 N–H and O–H groups in total. The van der Waals surface area contributed by atoms with E-state index in [4.69, 9.17) is 0 Å². The second-order valence-electron chi connectivity index (χ2n) is 4.59. The fourth-order valence-electron chi connectivity index (χ4n) is 2.16. The zero-order valence-corrected chi connectivity index (χ0v) is 10.7. The van der Waals surface area contributed by atoms with Gasteiger partial charge in [-0.2, -0.15) is 0 Å². The number of rotatable bonds is 5. The summed E-state index contributed by atoms with van der Waals surface area (Å²) in [7, 11) is 0. The van der Waals surface area contributed by atoms with Crippen LogP contribution in [0, 0.1) is 0 Å². The van der Waals surface area contributed by atoms with Crippen LogP contribution in [0.4, 0.5) is 0 Å². The molecule has 1 heterocycles. The molecule has 0 bridgehead atoms. The summed E-state index contributed by atoms with van der Waals surface area (Å²) in [5.41, 5.74) is 1.03. The van der Waals surface area contributed by atoms with Crippen molar-refractivity contribution in [2.75, 3.05) is 0 Å². The molecule has 0 saturated carbocycles. The molecule has 0 aliphatic heterocycles. The molecule has 2 aromatic rings. The van der Waals surface area contributed by atoms with Crippen molar-refractivity contribution >= 4 is 10.9 Å². The van der Waals surface area contributed by atoms with E-state index in [1.165, 1.54) is 0 Å². The molecule has 0 amide bonds. The molecule has 0 aliphatic rings. The molecule has 2 rings (SSSR count). The number of nitrogens with zero attached hydrogens (tertiary/aromatic N) is 1. The maximum absolute atomic E-state index is 11.7. The molecule has 3 nitrogen and oxygen atoms in total. The van der Waals surface area contributed by atoms with Crippen molar-refractivity contribution < 1.29 is 5.11 Å². The summed E-state index contributed by atoms with van der Waals surface area (Å²) in [5, 5.41) is 10.3. The number of aromatic nitrogens is 1. The average molecular weight is 245 g/mol. The third kappa shape index (κ3) is 2.79. The fraction of sp³-hybridized carbons (Fsp3) is 0.400. The molecule has 0 fully saturated rings. The summed E-state index contributed by atoms with van der Waals surface area (Å²) in [6, 6.07) is 9.26. The number of benzene rings is 1. The Bertz CT molecular complexity index is 574. The Balaban J connectivity index is 2.19. The second-order valence-corrected chi connectivity index (χ2v) is 4.59. The van der Waals surface area contributed by atoms with Gasteiger partial charge in [0.1, 0.15) is 0 Å². The van der Waals surface area contributed by atoms with Gasteiger partial charge in [0.25, 0.3) is 0 Å². The van der Waals surface area contributed by atoms with E-state index >= 15 is 0 Å². The van der Waals surface area contributed by atoms with Crippen molar-refractivity contribution in [3.8, 4) is 0 Å². The number of hydrogen-bond acceptors (Lipinski definition) is 2. The normalized spacial score (nSPS) is 12.8. The molecule has 0 spiro atoms. The molecule has 0 saturated heterocycles. The van der Waals surface area contributed by atoms with E-state index in [-0.39, 0.29) is 11.5 Å². The predicted octanol–water partition coefficient (Wildman–Crippen LogP) is 2.55. The van der Waals surface area contributed by atoms with Gasteiger partial charge in [0.2, 0.25) is 0 Å². The zero-order valence-electron chi connectivity index (χ0n) is 10.7. The summed E-state index contributed by atoms with van der Waals surface area (Å²) < 4.78 is 2.08. The van der Waals surface area contributed by atoms with Crippen molar-refractivity contribution in [1.82, 2.24) is 4.57 Å². The Kier molecular flexibility index (Phi) is 4.15. The summed E-state index contributed by atoms with van der Waals surface area (Å²) in [5.74, 6) is 0. The van der Waals surface area contributed by atoms with Crippen LogP contribution in [0.2, 0.25) is 0 Å². The van der Waals surface area contributed by atoms with Gasteiger partial charge in [-0.1, -0.05) is 19.1 Å². The van der Waals surface area contributed by atoms with Gasteiger partial charge in [-0.25, -0.2) is 0 Å². The standard InChI is InChI=1S/C15H19NO2/c1-2-12(17)6-5-10-16-11-9-15(18)13-7-3-4-8-14(13)16/h3-4,7-9,11-12,17H,2,5-6,10H2,1H3. The van der Waals surface area contributed by atoms with Crippen molar-refractivity contribution in [2.45, 2.75) is 38.8 Å². The molecule has 1 aromatic carbocycles.